The Hall–Kier alpha value is -2.80. The summed E-state index contributed by atoms with van der Waals surface area (Å²) in [6, 6.07) is 10.3. The van der Waals surface area contributed by atoms with Crippen molar-refractivity contribution in [3.8, 4) is 11.4 Å². The van der Waals surface area contributed by atoms with Crippen LogP contribution in [0.3, 0.4) is 0 Å². The smallest absolute Gasteiger partial charge is 0.227 e. The molecule has 1 aromatic heterocycles. The van der Waals surface area contributed by atoms with Crippen LogP contribution in [0, 0.1) is 11.6 Å². The molecule has 8 heteroatoms. The number of rotatable bonds is 5. The van der Waals surface area contributed by atoms with Crippen molar-refractivity contribution in [3.05, 3.63) is 65.0 Å². The van der Waals surface area contributed by atoms with Gasteiger partial charge in [-0.2, -0.15) is 4.98 Å². The number of carbonyl (C=O) groups is 1. The number of carbonyl (C=O) groups excluding carboxylic acids is 1. The van der Waals surface area contributed by atoms with Gasteiger partial charge in [0.15, 0.2) is 0 Å². The van der Waals surface area contributed by atoms with Crippen LogP contribution in [0.2, 0.25) is 5.02 Å². The number of amides is 1. The predicted molar refractivity (Wildman–Crippen MR) is 88.1 cm³/mol. The maximum absolute atomic E-state index is 13.5. The standard InChI is InChI=1S/C17H12ClF2N3O2/c18-11-5-2-1-4-10(11)17-22-15(25-23-17)9-8-14(24)21-16-12(19)6-3-7-13(16)20/h1-7H,8-9H2,(H,21,24). The molecular formula is C17H12ClF2N3O2. The highest BCUT2D eigenvalue weighted by Gasteiger charge is 2.15. The molecule has 3 rings (SSSR count). The van der Waals surface area contributed by atoms with Crippen LogP contribution in [0.1, 0.15) is 12.3 Å². The second-order valence-electron chi connectivity index (χ2n) is 5.14. The molecule has 1 heterocycles. The van der Waals surface area contributed by atoms with E-state index in [1.165, 1.54) is 6.07 Å². The molecule has 0 unspecified atom stereocenters. The summed E-state index contributed by atoms with van der Waals surface area (Å²) in [6.07, 6.45) is 0.0529. The van der Waals surface area contributed by atoms with Crippen molar-refractivity contribution in [2.24, 2.45) is 0 Å². The Balaban J connectivity index is 1.63. The van der Waals surface area contributed by atoms with Gasteiger partial charge in [-0.1, -0.05) is 35.0 Å². The van der Waals surface area contributed by atoms with E-state index in [2.05, 4.69) is 15.5 Å². The second kappa shape index (κ2) is 7.40. The van der Waals surface area contributed by atoms with Crippen LogP contribution in [0.15, 0.2) is 47.0 Å². The monoisotopic (exact) mass is 363 g/mol. The Bertz CT molecular complexity index is 894. The summed E-state index contributed by atoms with van der Waals surface area (Å²) in [6.45, 7) is 0. The highest BCUT2D eigenvalue weighted by molar-refractivity contribution is 6.33. The van der Waals surface area contributed by atoms with Crippen LogP contribution < -0.4 is 5.32 Å². The van der Waals surface area contributed by atoms with E-state index in [0.717, 1.165) is 12.1 Å². The summed E-state index contributed by atoms with van der Waals surface area (Å²) in [5.74, 6) is -1.72. The van der Waals surface area contributed by atoms with E-state index in [0.29, 0.717) is 16.4 Å². The molecule has 0 radical (unpaired) electrons. The number of nitrogens with zero attached hydrogens (tertiary/aromatic N) is 2. The van der Waals surface area contributed by atoms with Crippen LogP contribution in [0.5, 0.6) is 0 Å². The molecule has 0 saturated carbocycles. The summed E-state index contributed by atoms with van der Waals surface area (Å²) >= 11 is 6.06. The quantitative estimate of drug-likeness (QED) is 0.736. The topological polar surface area (TPSA) is 68.0 Å². The first-order valence-electron chi connectivity index (χ1n) is 7.36. The zero-order chi connectivity index (χ0) is 17.8. The van der Waals surface area contributed by atoms with Crippen molar-refractivity contribution < 1.29 is 18.1 Å². The summed E-state index contributed by atoms with van der Waals surface area (Å²) in [5.41, 5.74) is 0.131. The number of aryl methyl sites for hydroxylation is 1. The van der Waals surface area contributed by atoms with Gasteiger partial charge in [-0.25, -0.2) is 8.78 Å². The molecule has 25 heavy (non-hydrogen) atoms. The lowest BCUT2D eigenvalue weighted by atomic mass is 10.2. The molecule has 1 amide bonds. The van der Waals surface area contributed by atoms with Gasteiger partial charge in [0, 0.05) is 18.4 Å². The Morgan fingerprint density at radius 3 is 2.56 bits per heavy atom. The van der Waals surface area contributed by atoms with Gasteiger partial charge >= 0.3 is 0 Å². The van der Waals surface area contributed by atoms with Crippen LogP contribution in [0.4, 0.5) is 14.5 Å². The minimum Gasteiger partial charge on any atom is -0.339 e. The van der Waals surface area contributed by atoms with E-state index in [1.807, 2.05) is 0 Å². The summed E-state index contributed by atoms with van der Waals surface area (Å²) in [7, 11) is 0. The number of halogens is 3. The van der Waals surface area contributed by atoms with Gasteiger partial charge in [0.1, 0.15) is 17.3 Å². The number of aromatic nitrogens is 2. The number of hydrogen-bond acceptors (Lipinski definition) is 4. The first-order chi connectivity index (χ1) is 12.0. The molecule has 128 valence electrons. The molecule has 0 bridgehead atoms. The lowest BCUT2D eigenvalue weighted by molar-refractivity contribution is -0.116. The molecule has 5 nitrogen and oxygen atoms in total. The van der Waals surface area contributed by atoms with Gasteiger partial charge in [-0.3, -0.25) is 4.79 Å². The lowest BCUT2D eigenvalue weighted by Gasteiger charge is -2.06. The van der Waals surface area contributed by atoms with Gasteiger partial charge in [0.05, 0.1) is 5.02 Å². The van der Waals surface area contributed by atoms with Crippen molar-refractivity contribution in [2.45, 2.75) is 12.8 Å². The van der Waals surface area contributed by atoms with Crippen molar-refractivity contribution >= 4 is 23.2 Å². The molecule has 0 atom stereocenters. The highest BCUT2D eigenvalue weighted by atomic mass is 35.5. The third-order valence-electron chi connectivity index (χ3n) is 3.38. The number of hydrogen-bond donors (Lipinski definition) is 1. The van der Waals surface area contributed by atoms with E-state index < -0.39 is 23.2 Å². The zero-order valence-electron chi connectivity index (χ0n) is 12.8. The van der Waals surface area contributed by atoms with Gasteiger partial charge in [-0.15, -0.1) is 0 Å². The predicted octanol–water partition coefficient (Wildman–Crippen LogP) is 4.24. The van der Waals surface area contributed by atoms with E-state index in [4.69, 9.17) is 16.1 Å². The van der Waals surface area contributed by atoms with Gasteiger partial charge in [0.25, 0.3) is 0 Å². The van der Waals surface area contributed by atoms with Gasteiger partial charge in [0.2, 0.25) is 17.6 Å². The minimum atomic E-state index is -0.841. The summed E-state index contributed by atoms with van der Waals surface area (Å²) < 4.78 is 32.1. The highest BCUT2D eigenvalue weighted by Crippen LogP contribution is 2.25. The Labute approximate surface area is 146 Å². The molecule has 0 aliphatic carbocycles. The van der Waals surface area contributed by atoms with Gasteiger partial charge < -0.3 is 9.84 Å². The van der Waals surface area contributed by atoms with E-state index in [1.54, 1.807) is 24.3 Å². The Kier molecular flexibility index (Phi) is 5.04. The summed E-state index contributed by atoms with van der Waals surface area (Å²) in [5, 5.41) is 6.49. The number of nitrogens with one attached hydrogen (secondary N) is 1. The molecule has 0 spiro atoms. The molecule has 1 N–H and O–H groups in total. The first-order valence-corrected chi connectivity index (χ1v) is 7.74. The van der Waals surface area contributed by atoms with Gasteiger partial charge in [-0.05, 0) is 24.3 Å². The second-order valence-corrected chi connectivity index (χ2v) is 5.54. The van der Waals surface area contributed by atoms with Crippen molar-refractivity contribution in [1.29, 1.82) is 0 Å². The number of para-hydroxylation sites is 1. The molecule has 0 aliphatic rings. The largest absolute Gasteiger partial charge is 0.339 e. The SMILES string of the molecule is O=C(CCc1nc(-c2ccccc2Cl)no1)Nc1c(F)cccc1F. The average molecular weight is 364 g/mol. The van der Waals surface area contributed by atoms with E-state index >= 15 is 0 Å². The van der Waals surface area contributed by atoms with Crippen molar-refractivity contribution in [1.82, 2.24) is 10.1 Å². The average Bonchev–Trinajstić information content (AvgIpc) is 3.06. The number of benzene rings is 2. The Morgan fingerprint density at radius 1 is 1.12 bits per heavy atom. The van der Waals surface area contributed by atoms with E-state index in [9.17, 15) is 13.6 Å². The number of anilines is 1. The minimum absolute atomic E-state index is 0.0715. The van der Waals surface area contributed by atoms with Crippen molar-refractivity contribution in [3.63, 3.8) is 0 Å². The first kappa shape index (κ1) is 17.0. The summed E-state index contributed by atoms with van der Waals surface area (Å²) in [4.78, 5) is 16.0. The van der Waals surface area contributed by atoms with E-state index in [-0.39, 0.29) is 18.7 Å². The molecule has 0 aliphatic heterocycles. The molecular weight excluding hydrogens is 352 g/mol. The normalized spacial score (nSPS) is 10.7. The lowest BCUT2D eigenvalue weighted by Crippen LogP contribution is -2.14. The molecule has 3 aromatic rings. The fraction of sp³-hybridized carbons (Fsp3) is 0.118. The van der Waals surface area contributed by atoms with Crippen LogP contribution in [-0.2, 0) is 11.2 Å². The fourth-order valence-electron chi connectivity index (χ4n) is 2.15. The molecule has 0 fully saturated rings. The van der Waals surface area contributed by atoms with Crippen molar-refractivity contribution in [2.75, 3.05) is 5.32 Å². The maximum atomic E-state index is 13.5. The third kappa shape index (κ3) is 4.00. The third-order valence-corrected chi connectivity index (χ3v) is 3.71. The van der Waals surface area contributed by atoms with Crippen LogP contribution >= 0.6 is 11.6 Å². The van der Waals surface area contributed by atoms with Crippen LogP contribution in [0.25, 0.3) is 11.4 Å². The molecule has 2 aromatic carbocycles. The van der Waals surface area contributed by atoms with Crippen LogP contribution in [-0.4, -0.2) is 16.0 Å². The molecule has 0 saturated heterocycles. The Morgan fingerprint density at radius 2 is 1.84 bits per heavy atom. The fourth-order valence-corrected chi connectivity index (χ4v) is 2.37. The maximum Gasteiger partial charge on any atom is 0.227 e. The zero-order valence-corrected chi connectivity index (χ0v) is 13.6.